The van der Waals surface area contributed by atoms with Crippen molar-refractivity contribution in [2.75, 3.05) is 126 Å². The van der Waals surface area contributed by atoms with Gasteiger partial charge in [0, 0.05) is 72.6 Å². The van der Waals surface area contributed by atoms with Crippen molar-refractivity contribution in [3.05, 3.63) is 0 Å². The third-order valence-electron chi connectivity index (χ3n) is 11.4. The van der Waals surface area contributed by atoms with Crippen LogP contribution in [0, 0.1) is 0 Å². The molecule has 364 valence electrons. The van der Waals surface area contributed by atoms with Crippen LogP contribution in [0.4, 0.5) is 9.59 Å². The van der Waals surface area contributed by atoms with Crippen LogP contribution in [0.1, 0.15) is 148 Å². The SMILES string of the molecule is CCCCCCCCCCCC(=O)OCCCCCCCOCC(OC(=O)NCCCN1CCOCC1)C(COCCCCCCCOC)OC(=O)NCCCN1CCOCC1. The number of morpholine rings is 2. The average molecular weight is 887 g/mol. The van der Waals surface area contributed by atoms with E-state index in [0.29, 0.717) is 39.3 Å². The summed E-state index contributed by atoms with van der Waals surface area (Å²) in [6.45, 7) is 13.7. The number of methoxy groups -OCH3 is 1. The maximum atomic E-state index is 13.1. The molecule has 15 heteroatoms. The van der Waals surface area contributed by atoms with Crippen LogP contribution in [0.3, 0.4) is 0 Å². The van der Waals surface area contributed by atoms with Gasteiger partial charge in [0.1, 0.15) is 0 Å². The summed E-state index contributed by atoms with van der Waals surface area (Å²) in [5.41, 5.74) is 0. The molecule has 2 saturated heterocycles. The van der Waals surface area contributed by atoms with E-state index in [1.807, 2.05) is 0 Å². The summed E-state index contributed by atoms with van der Waals surface area (Å²) >= 11 is 0. The Kier molecular flexibility index (Phi) is 37.3. The van der Waals surface area contributed by atoms with Gasteiger partial charge in [-0.25, -0.2) is 9.59 Å². The van der Waals surface area contributed by atoms with E-state index in [0.717, 1.165) is 162 Å². The summed E-state index contributed by atoms with van der Waals surface area (Å²) in [6, 6.07) is 0. The third-order valence-corrected chi connectivity index (χ3v) is 11.4. The zero-order valence-corrected chi connectivity index (χ0v) is 39.3. The summed E-state index contributed by atoms with van der Waals surface area (Å²) in [6.07, 6.45) is 20.0. The van der Waals surface area contributed by atoms with Gasteiger partial charge in [0.2, 0.25) is 0 Å². The lowest BCUT2D eigenvalue weighted by atomic mass is 10.1. The molecule has 2 N–H and O–H groups in total. The Balaban J connectivity index is 1.79. The van der Waals surface area contributed by atoms with Crippen LogP contribution >= 0.6 is 0 Å². The van der Waals surface area contributed by atoms with Crippen LogP contribution in [0.5, 0.6) is 0 Å². The second-order valence-electron chi connectivity index (χ2n) is 16.8. The highest BCUT2D eigenvalue weighted by Gasteiger charge is 2.30. The van der Waals surface area contributed by atoms with E-state index in [9.17, 15) is 14.4 Å². The number of rotatable bonds is 41. The van der Waals surface area contributed by atoms with Crippen LogP contribution in [-0.4, -0.2) is 166 Å². The Bertz CT molecular complexity index is 1050. The number of alkyl carbamates (subject to hydrolysis) is 2. The molecular formula is C47H90N4O11. The molecule has 2 unspecified atom stereocenters. The first-order valence-electron chi connectivity index (χ1n) is 24.8. The molecule has 0 bridgehead atoms. The maximum Gasteiger partial charge on any atom is 0.407 e. The van der Waals surface area contributed by atoms with Gasteiger partial charge in [-0.1, -0.05) is 96.8 Å². The topological polar surface area (TPSA) is 156 Å². The second-order valence-corrected chi connectivity index (χ2v) is 16.8. The molecule has 0 aromatic carbocycles. The van der Waals surface area contributed by atoms with E-state index in [2.05, 4.69) is 27.4 Å². The molecule has 2 aliphatic heterocycles. The highest BCUT2D eigenvalue weighted by Crippen LogP contribution is 2.13. The molecule has 2 rings (SSSR count). The molecule has 0 radical (unpaired) electrons. The van der Waals surface area contributed by atoms with Crippen molar-refractivity contribution in [3.63, 3.8) is 0 Å². The van der Waals surface area contributed by atoms with Crippen molar-refractivity contribution in [1.82, 2.24) is 20.4 Å². The average Bonchev–Trinajstić information content (AvgIpc) is 3.28. The minimum Gasteiger partial charge on any atom is -0.466 e. The van der Waals surface area contributed by atoms with Crippen LogP contribution in [0.15, 0.2) is 0 Å². The number of esters is 1. The fraction of sp³-hybridized carbons (Fsp3) is 0.936. The summed E-state index contributed by atoms with van der Waals surface area (Å²) in [5, 5.41) is 5.76. The molecule has 2 heterocycles. The van der Waals surface area contributed by atoms with E-state index in [1.54, 1.807) is 7.11 Å². The number of hydrogen-bond acceptors (Lipinski definition) is 13. The van der Waals surface area contributed by atoms with E-state index in [1.165, 1.54) is 44.9 Å². The van der Waals surface area contributed by atoms with Gasteiger partial charge in [0.15, 0.2) is 12.2 Å². The lowest BCUT2D eigenvalue weighted by Crippen LogP contribution is -2.46. The normalized spacial score (nSPS) is 15.8. The molecule has 0 spiro atoms. The molecule has 0 aromatic heterocycles. The van der Waals surface area contributed by atoms with Crippen molar-refractivity contribution in [2.45, 2.75) is 160 Å². The van der Waals surface area contributed by atoms with Gasteiger partial charge < -0.3 is 48.5 Å². The monoisotopic (exact) mass is 887 g/mol. The number of amides is 2. The van der Waals surface area contributed by atoms with Gasteiger partial charge in [0.05, 0.1) is 46.2 Å². The molecule has 0 aromatic rings. The van der Waals surface area contributed by atoms with Crippen LogP contribution < -0.4 is 10.6 Å². The maximum absolute atomic E-state index is 13.1. The number of carbonyl (C=O) groups excluding carboxylic acids is 3. The Morgan fingerprint density at radius 3 is 1.37 bits per heavy atom. The van der Waals surface area contributed by atoms with Crippen molar-refractivity contribution >= 4 is 18.2 Å². The quantitative estimate of drug-likeness (QED) is 0.0351. The van der Waals surface area contributed by atoms with Gasteiger partial charge in [-0.3, -0.25) is 14.6 Å². The minimum atomic E-state index is -0.868. The highest BCUT2D eigenvalue weighted by molar-refractivity contribution is 5.69. The van der Waals surface area contributed by atoms with E-state index < -0.39 is 24.4 Å². The number of nitrogens with zero attached hydrogens (tertiary/aromatic N) is 2. The first-order chi connectivity index (χ1) is 30.5. The predicted octanol–water partition coefficient (Wildman–Crippen LogP) is 7.67. The lowest BCUT2D eigenvalue weighted by Gasteiger charge is -2.28. The Labute approximate surface area is 376 Å². The predicted molar refractivity (Wildman–Crippen MR) is 243 cm³/mol. The number of nitrogens with one attached hydrogen (secondary N) is 2. The Hall–Kier alpha value is -2.27. The standard InChI is InChI=1S/C47H90N4O11/c1-3-4-5-6-7-8-9-12-17-24-45(52)60-36-21-16-11-15-20-35-59-42-44(62-47(54)49-26-23-28-51-31-39-57-40-32-51)43(41-58-34-19-14-10-13-18-33-55-2)61-46(53)48-25-22-27-50-29-37-56-38-30-50/h43-44H,3-42H2,1-2H3,(H,48,53)(H,49,54). The molecule has 2 atom stereocenters. The van der Waals surface area contributed by atoms with Crippen LogP contribution in [0.25, 0.3) is 0 Å². The summed E-state index contributed by atoms with van der Waals surface area (Å²) in [4.78, 5) is 43.0. The summed E-state index contributed by atoms with van der Waals surface area (Å²) in [7, 11) is 1.72. The van der Waals surface area contributed by atoms with Gasteiger partial charge in [-0.15, -0.1) is 0 Å². The summed E-state index contributed by atoms with van der Waals surface area (Å²) < 4.78 is 45.5. The van der Waals surface area contributed by atoms with Gasteiger partial charge in [0.25, 0.3) is 0 Å². The molecular weight excluding hydrogens is 797 g/mol. The smallest absolute Gasteiger partial charge is 0.407 e. The molecule has 62 heavy (non-hydrogen) atoms. The molecule has 0 saturated carbocycles. The van der Waals surface area contributed by atoms with Crippen molar-refractivity contribution in [1.29, 1.82) is 0 Å². The largest absolute Gasteiger partial charge is 0.466 e. The second kappa shape index (κ2) is 41.4. The van der Waals surface area contributed by atoms with Gasteiger partial charge in [-0.05, 0) is 58.0 Å². The molecule has 15 nitrogen and oxygen atoms in total. The minimum absolute atomic E-state index is 0.0634. The third kappa shape index (κ3) is 33.3. The van der Waals surface area contributed by atoms with E-state index in [-0.39, 0.29) is 19.2 Å². The van der Waals surface area contributed by atoms with Crippen molar-refractivity contribution in [3.8, 4) is 0 Å². The Morgan fingerprint density at radius 1 is 0.516 bits per heavy atom. The van der Waals surface area contributed by atoms with E-state index in [4.69, 9.17) is 37.9 Å². The first kappa shape index (κ1) is 55.9. The van der Waals surface area contributed by atoms with Gasteiger partial charge >= 0.3 is 18.2 Å². The number of ether oxygens (including phenoxy) is 8. The van der Waals surface area contributed by atoms with Crippen molar-refractivity contribution in [2.24, 2.45) is 0 Å². The van der Waals surface area contributed by atoms with Crippen LogP contribution in [-0.2, 0) is 42.7 Å². The number of unbranched alkanes of at least 4 members (excludes halogenated alkanes) is 16. The zero-order chi connectivity index (χ0) is 44.4. The molecule has 2 fully saturated rings. The fourth-order valence-corrected chi connectivity index (χ4v) is 7.48. The Morgan fingerprint density at radius 2 is 0.919 bits per heavy atom. The number of hydrogen-bond donors (Lipinski definition) is 2. The van der Waals surface area contributed by atoms with Crippen molar-refractivity contribution < 1.29 is 52.3 Å². The first-order valence-corrected chi connectivity index (χ1v) is 24.8. The van der Waals surface area contributed by atoms with Crippen LogP contribution in [0.2, 0.25) is 0 Å². The summed E-state index contributed by atoms with van der Waals surface area (Å²) in [5.74, 6) is -0.0811. The molecule has 0 aliphatic carbocycles. The zero-order valence-electron chi connectivity index (χ0n) is 39.3. The number of carbonyl (C=O) groups is 3. The molecule has 2 amide bonds. The van der Waals surface area contributed by atoms with Gasteiger partial charge in [-0.2, -0.15) is 0 Å². The van der Waals surface area contributed by atoms with E-state index >= 15 is 0 Å². The lowest BCUT2D eigenvalue weighted by molar-refractivity contribution is -0.143. The fourth-order valence-electron chi connectivity index (χ4n) is 7.48. The highest BCUT2D eigenvalue weighted by atomic mass is 16.6. The molecule has 2 aliphatic rings.